The molecule has 0 radical (unpaired) electrons. The number of aromatic nitrogens is 1. The third kappa shape index (κ3) is 3.33. The molecule has 0 unspecified atom stereocenters. The van der Waals surface area contributed by atoms with Crippen LogP contribution < -0.4 is 9.47 Å². The minimum absolute atomic E-state index is 0.000229. The second-order valence-corrected chi connectivity index (χ2v) is 6.57. The highest BCUT2D eigenvalue weighted by molar-refractivity contribution is 7.13. The lowest BCUT2D eigenvalue weighted by Gasteiger charge is -2.19. The average Bonchev–Trinajstić information content (AvgIpc) is 3.31. The average molecular weight is 378 g/mol. The fourth-order valence-electron chi connectivity index (χ4n) is 2.37. The molecule has 0 saturated heterocycles. The molecule has 3 aromatic rings. The van der Waals surface area contributed by atoms with E-state index in [0.717, 1.165) is 4.88 Å². The summed E-state index contributed by atoms with van der Waals surface area (Å²) in [6, 6.07) is 8.65. The molecule has 4 rings (SSSR count). The Hall–Kier alpha value is -2.51. The first-order chi connectivity index (χ1) is 12.2. The Morgan fingerprint density at radius 3 is 3.00 bits per heavy atom. The maximum atomic E-state index is 12.3. The lowest BCUT2D eigenvalue weighted by Crippen LogP contribution is -2.16. The van der Waals surface area contributed by atoms with Gasteiger partial charge >= 0.3 is 5.97 Å². The third-order valence-corrected chi connectivity index (χ3v) is 4.67. The van der Waals surface area contributed by atoms with Crippen LogP contribution in [0.2, 0.25) is 5.02 Å². The van der Waals surface area contributed by atoms with Crippen LogP contribution in [0.15, 0.2) is 40.2 Å². The Morgan fingerprint density at radius 1 is 1.28 bits per heavy atom. The molecule has 1 aromatic carbocycles. The Labute approximate surface area is 151 Å². The lowest BCUT2D eigenvalue weighted by molar-refractivity contribution is 0.0463. The Balaban J connectivity index is 1.45. The number of rotatable bonds is 4. The molecule has 0 spiro atoms. The lowest BCUT2D eigenvalue weighted by atomic mass is 10.2. The molecule has 1 aliphatic rings. The van der Waals surface area contributed by atoms with Gasteiger partial charge in [-0.05, 0) is 23.6 Å². The van der Waals surface area contributed by atoms with Gasteiger partial charge in [0.1, 0.15) is 25.5 Å². The van der Waals surface area contributed by atoms with Gasteiger partial charge in [0.05, 0.1) is 15.5 Å². The monoisotopic (exact) mass is 377 g/mol. The van der Waals surface area contributed by atoms with Gasteiger partial charge in [0.2, 0.25) is 0 Å². The molecule has 0 saturated carbocycles. The number of fused-ring (bicyclic) bond motifs is 1. The van der Waals surface area contributed by atoms with Crippen molar-refractivity contribution < 1.29 is 23.5 Å². The zero-order valence-corrected chi connectivity index (χ0v) is 14.4. The van der Waals surface area contributed by atoms with Crippen molar-refractivity contribution in [1.29, 1.82) is 0 Å². The van der Waals surface area contributed by atoms with Gasteiger partial charge in [0, 0.05) is 6.07 Å². The van der Waals surface area contributed by atoms with E-state index in [2.05, 4.69) is 5.16 Å². The predicted molar refractivity (Wildman–Crippen MR) is 91.4 cm³/mol. The molecule has 0 aliphatic carbocycles. The normalized spacial score (nSPS) is 12.8. The zero-order chi connectivity index (χ0) is 17.2. The van der Waals surface area contributed by atoms with E-state index in [4.69, 9.17) is 30.3 Å². The zero-order valence-electron chi connectivity index (χ0n) is 12.9. The van der Waals surface area contributed by atoms with Gasteiger partial charge in [-0.3, -0.25) is 0 Å². The van der Waals surface area contributed by atoms with Crippen LogP contribution in [-0.4, -0.2) is 24.3 Å². The number of thiophene rings is 1. The summed E-state index contributed by atoms with van der Waals surface area (Å²) < 4.78 is 21.4. The van der Waals surface area contributed by atoms with E-state index in [9.17, 15) is 4.79 Å². The van der Waals surface area contributed by atoms with Gasteiger partial charge < -0.3 is 18.7 Å². The van der Waals surface area contributed by atoms with Crippen molar-refractivity contribution in [2.75, 3.05) is 13.2 Å². The van der Waals surface area contributed by atoms with Crippen LogP contribution in [-0.2, 0) is 11.3 Å². The minimum Gasteiger partial charge on any atom is -0.486 e. The summed E-state index contributed by atoms with van der Waals surface area (Å²) in [5, 5.41) is 6.17. The predicted octanol–water partition coefficient (Wildman–Crippen LogP) is 4.18. The number of hydrogen-bond donors (Lipinski definition) is 0. The Bertz CT molecular complexity index is 906. The van der Waals surface area contributed by atoms with E-state index in [1.807, 2.05) is 17.5 Å². The second-order valence-electron chi connectivity index (χ2n) is 5.22. The van der Waals surface area contributed by atoms with Gasteiger partial charge in [-0.2, -0.15) is 0 Å². The number of esters is 1. The van der Waals surface area contributed by atoms with Crippen molar-refractivity contribution in [2.45, 2.75) is 6.61 Å². The SMILES string of the molecule is O=C(OCc1cc(-c2cccs2)on1)c1cc(Cl)c2c(c1)OCCO2. The number of ether oxygens (including phenoxy) is 3. The van der Waals surface area contributed by atoms with Crippen molar-refractivity contribution in [3.8, 4) is 22.1 Å². The van der Waals surface area contributed by atoms with Crippen molar-refractivity contribution in [1.82, 2.24) is 5.16 Å². The first-order valence-electron chi connectivity index (χ1n) is 7.46. The summed E-state index contributed by atoms with van der Waals surface area (Å²) in [7, 11) is 0. The standard InChI is InChI=1S/C17H12ClNO5S/c18-12-6-10(7-14-16(12)22-4-3-21-14)17(20)23-9-11-8-13(24-19-11)15-2-1-5-25-15/h1-2,5-8H,3-4,9H2. The molecule has 2 aromatic heterocycles. The smallest absolute Gasteiger partial charge is 0.338 e. The molecule has 25 heavy (non-hydrogen) atoms. The van der Waals surface area contributed by atoms with Crippen molar-refractivity contribution in [3.05, 3.63) is 52.0 Å². The minimum atomic E-state index is -0.528. The highest BCUT2D eigenvalue weighted by Gasteiger charge is 2.20. The molecule has 3 heterocycles. The van der Waals surface area contributed by atoms with Gasteiger partial charge in [0.25, 0.3) is 0 Å². The highest BCUT2D eigenvalue weighted by Crippen LogP contribution is 2.38. The first-order valence-corrected chi connectivity index (χ1v) is 8.72. The molecule has 0 fully saturated rings. The van der Waals surface area contributed by atoms with Crippen LogP contribution in [0.4, 0.5) is 0 Å². The first kappa shape index (κ1) is 16.0. The summed E-state index contributed by atoms with van der Waals surface area (Å²) in [5.41, 5.74) is 0.816. The van der Waals surface area contributed by atoms with Gasteiger partial charge in [-0.1, -0.05) is 22.8 Å². The number of nitrogens with zero attached hydrogens (tertiary/aromatic N) is 1. The van der Waals surface area contributed by atoms with Crippen molar-refractivity contribution >= 4 is 28.9 Å². The molecular formula is C17H12ClNO5S. The second kappa shape index (κ2) is 6.78. The molecule has 0 bridgehead atoms. The fraction of sp³-hybridized carbons (Fsp3) is 0.176. The van der Waals surface area contributed by atoms with E-state index in [1.54, 1.807) is 23.5 Å². The summed E-state index contributed by atoms with van der Waals surface area (Å²) in [6.45, 7) is 0.835. The van der Waals surface area contributed by atoms with Crippen LogP contribution >= 0.6 is 22.9 Å². The maximum Gasteiger partial charge on any atom is 0.338 e. The van der Waals surface area contributed by atoms with E-state index in [-0.39, 0.29) is 12.2 Å². The van der Waals surface area contributed by atoms with Gasteiger partial charge in [0.15, 0.2) is 17.3 Å². The number of halogens is 1. The summed E-state index contributed by atoms with van der Waals surface area (Å²) >= 11 is 7.67. The molecule has 0 amide bonds. The fourth-order valence-corrected chi connectivity index (χ4v) is 3.30. The quantitative estimate of drug-likeness (QED) is 0.635. The van der Waals surface area contributed by atoms with Crippen LogP contribution in [0.3, 0.4) is 0 Å². The van der Waals surface area contributed by atoms with Crippen LogP contribution in [0.25, 0.3) is 10.6 Å². The van der Waals surface area contributed by atoms with Crippen molar-refractivity contribution in [2.24, 2.45) is 0 Å². The molecular weight excluding hydrogens is 366 g/mol. The van der Waals surface area contributed by atoms with Crippen LogP contribution in [0, 0.1) is 0 Å². The summed E-state index contributed by atoms with van der Waals surface area (Å²) in [6.07, 6.45) is 0. The summed E-state index contributed by atoms with van der Waals surface area (Å²) in [4.78, 5) is 13.2. The Morgan fingerprint density at radius 2 is 2.16 bits per heavy atom. The number of hydrogen-bond acceptors (Lipinski definition) is 7. The van der Waals surface area contributed by atoms with Gasteiger partial charge in [-0.25, -0.2) is 4.79 Å². The molecule has 0 N–H and O–H groups in total. The molecule has 8 heteroatoms. The Kier molecular flexibility index (Phi) is 4.33. The highest BCUT2D eigenvalue weighted by atomic mass is 35.5. The largest absolute Gasteiger partial charge is 0.486 e. The van der Waals surface area contributed by atoms with Crippen molar-refractivity contribution in [3.63, 3.8) is 0 Å². The molecule has 0 atom stereocenters. The van der Waals surface area contributed by atoms with E-state index in [0.29, 0.717) is 41.2 Å². The number of carbonyl (C=O) groups excluding carboxylic acids is 1. The molecule has 1 aliphatic heterocycles. The number of benzene rings is 1. The number of carbonyl (C=O) groups is 1. The third-order valence-electron chi connectivity index (χ3n) is 3.51. The summed E-state index contributed by atoms with van der Waals surface area (Å²) in [5.74, 6) is 0.997. The molecule has 6 nitrogen and oxygen atoms in total. The van der Waals surface area contributed by atoms with Crippen LogP contribution in [0.1, 0.15) is 16.1 Å². The maximum absolute atomic E-state index is 12.3. The molecule has 128 valence electrons. The van der Waals surface area contributed by atoms with E-state index >= 15 is 0 Å². The topological polar surface area (TPSA) is 70.8 Å². The van der Waals surface area contributed by atoms with Gasteiger partial charge in [-0.15, -0.1) is 11.3 Å². The van der Waals surface area contributed by atoms with Crippen LogP contribution in [0.5, 0.6) is 11.5 Å². The van der Waals surface area contributed by atoms with E-state index in [1.165, 1.54) is 6.07 Å². The van der Waals surface area contributed by atoms with E-state index < -0.39 is 5.97 Å².